The van der Waals surface area contributed by atoms with Crippen molar-refractivity contribution in [1.82, 2.24) is 14.8 Å². The molecule has 2 aromatic carbocycles. The Balaban J connectivity index is 2.00. The second-order valence-electron chi connectivity index (χ2n) is 5.06. The molecule has 0 fully saturated rings. The molecule has 3 N–H and O–H groups in total. The van der Waals surface area contributed by atoms with E-state index >= 15 is 0 Å². The van der Waals surface area contributed by atoms with Gasteiger partial charge < -0.3 is 20.5 Å². The predicted molar refractivity (Wildman–Crippen MR) is 93.3 cm³/mol. The van der Waals surface area contributed by atoms with Gasteiger partial charge in [-0.05, 0) is 36.4 Å². The van der Waals surface area contributed by atoms with Crippen molar-refractivity contribution in [3.8, 4) is 23.3 Å². The molecule has 1 aromatic heterocycles. The maximum Gasteiger partial charge on any atom is 0.241 e. The van der Waals surface area contributed by atoms with Crippen LogP contribution in [-0.4, -0.2) is 29.0 Å². The molecule has 8 heteroatoms. The van der Waals surface area contributed by atoms with Crippen LogP contribution in [0.1, 0.15) is 5.56 Å². The van der Waals surface area contributed by atoms with Gasteiger partial charge in [-0.1, -0.05) is 0 Å². The van der Waals surface area contributed by atoms with Gasteiger partial charge in [0.1, 0.15) is 11.5 Å². The molecule has 0 aliphatic rings. The van der Waals surface area contributed by atoms with Crippen LogP contribution in [0.2, 0.25) is 0 Å². The predicted octanol–water partition coefficient (Wildman–Crippen LogP) is 2.48. The average molecular weight is 336 g/mol. The van der Waals surface area contributed by atoms with E-state index in [1.807, 2.05) is 0 Å². The van der Waals surface area contributed by atoms with E-state index < -0.39 is 0 Å². The summed E-state index contributed by atoms with van der Waals surface area (Å²) in [7, 11) is 3.16. The Morgan fingerprint density at radius 1 is 1.12 bits per heavy atom. The molecule has 0 atom stereocenters. The number of ether oxygens (including phenoxy) is 2. The van der Waals surface area contributed by atoms with Crippen molar-refractivity contribution in [2.24, 2.45) is 0 Å². The van der Waals surface area contributed by atoms with E-state index in [0.29, 0.717) is 34.4 Å². The van der Waals surface area contributed by atoms with Gasteiger partial charge in [0.15, 0.2) is 0 Å². The fourth-order valence-corrected chi connectivity index (χ4v) is 2.30. The Bertz CT molecular complexity index is 927. The molecule has 8 nitrogen and oxygen atoms in total. The lowest BCUT2D eigenvalue weighted by Gasteiger charge is -2.12. The first-order valence-corrected chi connectivity index (χ1v) is 7.36. The summed E-state index contributed by atoms with van der Waals surface area (Å²) < 4.78 is 12.2. The first-order valence-electron chi connectivity index (χ1n) is 7.36. The van der Waals surface area contributed by atoms with Crippen LogP contribution >= 0.6 is 0 Å². The summed E-state index contributed by atoms with van der Waals surface area (Å²) in [5.74, 6) is 1.82. The Hall–Kier alpha value is -3.73. The van der Waals surface area contributed by atoms with Gasteiger partial charge >= 0.3 is 0 Å². The van der Waals surface area contributed by atoms with Crippen molar-refractivity contribution in [3.05, 3.63) is 48.0 Å². The number of hydrogen-bond acceptors (Lipinski definition) is 7. The van der Waals surface area contributed by atoms with E-state index in [2.05, 4.69) is 21.5 Å². The number of aromatic nitrogens is 3. The van der Waals surface area contributed by atoms with Crippen molar-refractivity contribution < 1.29 is 9.47 Å². The number of hydrogen-bond donors (Lipinski definition) is 2. The minimum absolute atomic E-state index is 0.119. The van der Waals surface area contributed by atoms with Crippen molar-refractivity contribution in [2.45, 2.75) is 0 Å². The van der Waals surface area contributed by atoms with E-state index in [4.69, 9.17) is 20.5 Å². The average Bonchev–Trinajstić information content (AvgIpc) is 3.02. The van der Waals surface area contributed by atoms with Crippen LogP contribution in [0, 0.1) is 11.3 Å². The van der Waals surface area contributed by atoms with Crippen LogP contribution in [0.25, 0.3) is 5.69 Å². The van der Waals surface area contributed by atoms with Gasteiger partial charge in [0.2, 0.25) is 11.9 Å². The van der Waals surface area contributed by atoms with Crippen molar-refractivity contribution in [1.29, 1.82) is 5.26 Å². The fraction of sp³-hybridized carbons (Fsp3) is 0.118. The van der Waals surface area contributed by atoms with Gasteiger partial charge in [-0.2, -0.15) is 14.9 Å². The number of benzene rings is 2. The number of methoxy groups -OCH3 is 2. The quantitative estimate of drug-likeness (QED) is 0.736. The van der Waals surface area contributed by atoms with Crippen LogP contribution in [0.4, 0.5) is 17.6 Å². The summed E-state index contributed by atoms with van der Waals surface area (Å²) in [6.45, 7) is 0. The maximum atomic E-state index is 8.92. The SMILES string of the molecule is COc1ccc(OC)c(Nc2nc(N)nn2-c2ccc(C#N)cc2)c1. The van der Waals surface area contributed by atoms with Gasteiger partial charge in [-0.25, -0.2) is 0 Å². The highest BCUT2D eigenvalue weighted by molar-refractivity contribution is 5.66. The minimum atomic E-state index is 0.119. The zero-order valence-electron chi connectivity index (χ0n) is 13.7. The molecular formula is C17H16N6O2. The Kier molecular flexibility index (Phi) is 4.39. The van der Waals surface area contributed by atoms with E-state index in [-0.39, 0.29) is 5.95 Å². The van der Waals surface area contributed by atoms with Crippen molar-refractivity contribution >= 4 is 17.6 Å². The van der Waals surface area contributed by atoms with E-state index in [1.54, 1.807) is 61.4 Å². The first-order chi connectivity index (χ1) is 12.1. The van der Waals surface area contributed by atoms with Gasteiger partial charge in [0.05, 0.1) is 37.2 Å². The third-order valence-electron chi connectivity index (χ3n) is 3.52. The number of nitrogen functional groups attached to an aromatic ring is 1. The normalized spacial score (nSPS) is 10.1. The third kappa shape index (κ3) is 3.30. The summed E-state index contributed by atoms with van der Waals surface area (Å²) in [5, 5.41) is 16.3. The van der Waals surface area contributed by atoms with E-state index in [1.165, 1.54) is 0 Å². The van der Waals surface area contributed by atoms with Gasteiger partial charge in [0, 0.05) is 6.07 Å². The van der Waals surface area contributed by atoms with Gasteiger partial charge in [0.25, 0.3) is 0 Å². The molecular weight excluding hydrogens is 320 g/mol. The zero-order chi connectivity index (χ0) is 17.8. The summed E-state index contributed by atoms with van der Waals surface area (Å²) in [4.78, 5) is 4.21. The number of nitrogens with one attached hydrogen (secondary N) is 1. The monoisotopic (exact) mass is 336 g/mol. The number of nitrogens with two attached hydrogens (primary N) is 1. The second kappa shape index (κ2) is 6.80. The minimum Gasteiger partial charge on any atom is -0.497 e. The standard InChI is InChI=1S/C17H16N6O2/c1-24-13-7-8-15(25-2)14(9-13)20-17-21-16(19)22-23(17)12-5-3-11(10-18)4-6-12/h3-9H,1-2H3,(H3,19,20,21,22). The van der Waals surface area contributed by atoms with Gasteiger partial charge in [-0.15, -0.1) is 5.10 Å². The highest BCUT2D eigenvalue weighted by Gasteiger charge is 2.13. The molecule has 0 aliphatic heterocycles. The molecule has 0 saturated heterocycles. The molecule has 25 heavy (non-hydrogen) atoms. The molecule has 0 aliphatic carbocycles. The van der Waals surface area contributed by atoms with Crippen molar-refractivity contribution in [3.63, 3.8) is 0 Å². The van der Waals surface area contributed by atoms with E-state index in [9.17, 15) is 0 Å². The summed E-state index contributed by atoms with van der Waals surface area (Å²) in [5.41, 5.74) is 7.69. The topological polar surface area (TPSA) is 111 Å². The molecule has 0 amide bonds. The first kappa shape index (κ1) is 16.1. The fourth-order valence-electron chi connectivity index (χ4n) is 2.30. The molecule has 3 rings (SSSR count). The van der Waals surface area contributed by atoms with Crippen LogP contribution in [0.5, 0.6) is 11.5 Å². The maximum absolute atomic E-state index is 8.92. The molecule has 0 spiro atoms. The summed E-state index contributed by atoms with van der Waals surface area (Å²) >= 11 is 0. The van der Waals surface area contributed by atoms with Crippen molar-refractivity contribution in [2.75, 3.05) is 25.3 Å². The molecule has 126 valence electrons. The summed E-state index contributed by atoms with van der Waals surface area (Å²) in [6, 6.07) is 14.4. The highest BCUT2D eigenvalue weighted by atomic mass is 16.5. The Morgan fingerprint density at radius 3 is 2.52 bits per heavy atom. The molecule has 1 heterocycles. The lowest BCUT2D eigenvalue weighted by Crippen LogP contribution is -2.04. The number of nitrogens with zero attached hydrogens (tertiary/aromatic N) is 4. The molecule has 0 saturated carbocycles. The van der Waals surface area contributed by atoms with Gasteiger partial charge in [-0.3, -0.25) is 0 Å². The molecule has 3 aromatic rings. The Labute approximate surface area is 144 Å². The smallest absolute Gasteiger partial charge is 0.241 e. The number of rotatable bonds is 5. The Morgan fingerprint density at radius 2 is 1.88 bits per heavy atom. The van der Waals surface area contributed by atoms with Crippen LogP contribution < -0.4 is 20.5 Å². The van der Waals surface area contributed by atoms with Crippen LogP contribution in [-0.2, 0) is 0 Å². The van der Waals surface area contributed by atoms with E-state index in [0.717, 1.165) is 0 Å². The number of nitriles is 1. The number of anilines is 3. The molecule has 0 bridgehead atoms. The molecule has 0 unspecified atom stereocenters. The highest BCUT2D eigenvalue weighted by Crippen LogP contribution is 2.31. The van der Waals surface area contributed by atoms with Crippen LogP contribution in [0.3, 0.4) is 0 Å². The second-order valence-corrected chi connectivity index (χ2v) is 5.06. The summed E-state index contributed by atoms with van der Waals surface area (Å²) in [6.07, 6.45) is 0. The largest absolute Gasteiger partial charge is 0.497 e. The lowest BCUT2D eigenvalue weighted by atomic mass is 10.2. The zero-order valence-corrected chi connectivity index (χ0v) is 13.7. The third-order valence-corrected chi connectivity index (χ3v) is 3.52. The lowest BCUT2D eigenvalue weighted by molar-refractivity contribution is 0.404. The molecule has 0 radical (unpaired) electrons. The van der Waals surface area contributed by atoms with Crippen LogP contribution in [0.15, 0.2) is 42.5 Å².